The highest BCUT2D eigenvalue weighted by Crippen LogP contribution is 2.17. The Morgan fingerprint density at radius 3 is 2.86 bits per heavy atom. The lowest BCUT2D eigenvalue weighted by atomic mass is 9.95. The van der Waals surface area contributed by atoms with E-state index in [0.717, 1.165) is 18.3 Å². The molecule has 0 aliphatic heterocycles. The highest BCUT2D eigenvalue weighted by molar-refractivity contribution is 5.08. The molecule has 1 aromatic rings. The minimum Gasteiger partial charge on any atom is -0.348 e. The monoisotopic (exact) mass is 193 g/mol. The van der Waals surface area contributed by atoms with Crippen LogP contribution in [0.3, 0.4) is 0 Å². The first-order chi connectivity index (χ1) is 6.86. The normalized spacial score (nSPS) is 18.6. The van der Waals surface area contributed by atoms with Gasteiger partial charge in [-0.05, 0) is 19.8 Å². The molecule has 1 heterocycles. The van der Waals surface area contributed by atoms with Gasteiger partial charge in [-0.2, -0.15) is 0 Å². The predicted octanol–water partition coefficient (Wildman–Crippen LogP) is 2.14. The number of H-pyrrole nitrogens is 1. The lowest BCUT2D eigenvalue weighted by Crippen LogP contribution is -2.30. The maximum atomic E-state index is 4.28. The standard InChI is InChI=1S/C11H19N3/c1-9-11(14-8-13-9)7-12-10-5-3-2-4-6-10/h8,10,12H,2-7H2,1H3,(H,13,14). The number of hydrogen-bond donors (Lipinski definition) is 2. The van der Waals surface area contributed by atoms with Gasteiger partial charge in [0.1, 0.15) is 0 Å². The molecular weight excluding hydrogens is 174 g/mol. The van der Waals surface area contributed by atoms with Crippen LogP contribution in [-0.2, 0) is 6.54 Å². The second kappa shape index (κ2) is 4.60. The Kier molecular flexibility index (Phi) is 3.19. The van der Waals surface area contributed by atoms with Crippen LogP contribution in [-0.4, -0.2) is 16.0 Å². The van der Waals surface area contributed by atoms with Crippen LogP contribution in [0.15, 0.2) is 6.33 Å². The zero-order valence-electron chi connectivity index (χ0n) is 8.84. The molecule has 0 amide bonds. The molecule has 0 atom stereocenters. The maximum absolute atomic E-state index is 4.28. The van der Waals surface area contributed by atoms with Gasteiger partial charge in [-0.15, -0.1) is 0 Å². The van der Waals surface area contributed by atoms with E-state index in [0.29, 0.717) is 0 Å². The molecule has 1 aromatic heterocycles. The van der Waals surface area contributed by atoms with Crippen LogP contribution in [0.1, 0.15) is 43.5 Å². The van der Waals surface area contributed by atoms with Crippen molar-refractivity contribution in [2.24, 2.45) is 0 Å². The lowest BCUT2D eigenvalue weighted by Gasteiger charge is -2.22. The molecule has 78 valence electrons. The Hall–Kier alpha value is -0.830. The van der Waals surface area contributed by atoms with Crippen molar-refractivity contribution < 1.29 is 0 Å². The fraction of sp³-hybridized carbons (Fsp3) is 0.727. The van der Waals surface area contributed by atoms with Gasteiger partial charge < -0.3 is 10.3 Å². The van der Waals surface area contributed by atoms with Crippen molar-refractivity contribution in [3.8, 4) is 0 Å². The molecule has 1 aliphatic carbocycles. The van der Waals surface area contributed by atoms with E-state index in [9.17, 15) is 0 Å². The fourth-order valence-corrected chi connectivity index (χ4v) is 2.11. The van der Waals surface area contributed by atoms with Crippen LogP contribution < -0.4 is 5.32 Å². The Bertz CT molecular complexity index is 274. The molecule has 1 aliphatic rings. The molecule has 0 unspecified atom stereocenters. The molecule has 0 bridgehead atoms. The first kappa shape index (κ1) is 9.71. The Morgan fingerprint density at radius 1 is 1.43 bits per heavy atom. The van der Waals surface area contributed by atoms with Crippen LogP contribution in [0.4, 0.5) is 0 Å². The number of aromatic amines is 1. The SMILES string of the molecule is Cc1[nH]cnc1CNC1CCCCC1. The molecule has 0 saturated heterocycles. The molecule has 1 saturated carbocycles. The van der Waals surface area contributed by atoms with Gasteiger partial charge in [-0.25, -0.2) is 4.98 Å². The predicted molar refractivity (Wildman–Crippen MR) is 57.0 cm³/mol. The average molecular weight is 193 g/mol. The zero-order chi connectivity index (χ0) is 9.80. The van der Waals surface area contributed by atoms with Gasteiger partial charge in [0.2, 0.25) is 0 Å². The maximum Gasteiger partial charge on any atom is 0.0925 e. The van der Waals surface area contributed by atoms with Crippen molar-refractivity contribution >= 4 is 0 Å². The highest BCUT2D eigenvalue weighted by Gasteiger charge is 2.13. The summed E-state index contributed by atoms with van der Waals surface area (Å²) < 4.78 is 0. The molecule has 2 rings (SSSR count). The van der Waals surface area contributed by atoms with Crippen LogP contribution in [0, 0.1) is 6.92 Å². The molecular formula is C11H19N3. The molecule has 0 radical (unpaired) electrons. The van der Waals surface area contributed by atoms with Crippen molar-refractivity contribution in [2.45, 2.75) is 51.6 Å². The van der Waals surface area contributed by atoms with Crippen molar-refractivity contribution in [1.82, 2.24) is 15.3 Å². The molecule has 2 N–H and O–H groups in total. The van der Waals surface area contributed by atoms with E-state index in [1.54, 1.807) is 6.33 Å². The highest BCUT2D eigenvalue weighted by atomic mass is 15.0. The number of hydrogen-bond acceptors (Lipinski definition) is 2. The summed E-state index contributed by atoms with van der Waals surface area (Å²) in [5.74, 6) is 0. The third-order valence-electron chi connectivity index (χ3n) is 3.10. The van der Waals surface area contributed by atoms with Gasteiger partial charge in [-0.3, -0.25) is 0 Å². The summed E-state index contributed by atoms with van der Waals surface area (Å²) in [6, 6.07) is 0.722. The number of aromatic nitrogens is 2. The summed E-state index contributed by atoms with van der Waals surface area (Å²) in [6.07, 6.45) is 8.63. The van der Waals surface area contributed by atoms with E-state index in [4.69, 9.17) is 0 Å². The van der Waals surface area contributed by atoms with Gasteiger partial charge in [0.05, 0.1) is 12.0 Å². The van der Waals surface area contributed by atoms with Crippen LogP contribution in [0.25, 0.3) is 0 Å². The minimum atomic E-state index is 0.722. The second-order valence-electron chi connectivity index (χ2n) is 4.19. The van der Waals surface area contributed by atoms with Gasteiger partial charge in [0, 0.05) is 18.3 Å². The van der Waals surface area contributed by atoms with Gasteiger partial charge in [0.15, 0.2) is 0 Å². The van der Waals surface area contributed by atoms with Crippen molar-refractivity contribution in [3.05, 3.63) is 17.7 Å². The van der Waals surface area contributed by atoms with Gasteiger partial charge >= 0.3 is 0 Å². The molecule has 0 aromatic carbocycles. The Balaban J connectivity index is 1.79. The van der Waals surface area contributed by atoms with Gasteiger partial charge in [-0.1, -0.05) is 19.3 Å². The summed E-state index contributed by atoms with van der Waals surface area (Å²) >= 11 is 0. The molecule has 3 nitrogen and oxygen atoms in total. The summed E-state index contributed by atoms with van der Waals surface area (Å²) in [7, 11) is 0. The van der Waals surface area contributed by atoms with E-state index in [1.807, 2.05) is 0 Å². The topological polar surface area (TPSA) is 40.7 Å². The van der Waals surface area contributed by atoms with Crippen LogP contribution >= 0.6 is 0 Å². The van der Waals surface area contributed by atoms with Crippen LogP contribution in [0.5, 0.6) is 0 Å². The quantitative estimate of drug-likeness (QED) is 0.772. The third kappa shape index (κ3) is 2.35. The van der Waals surface area contributed by atoms with E-state index in [1.165, 1.54) is 37.8 Å². The molecule has 3 heteroatoms. The first-order valence-electron chi connectivity index (χ1n) is 5.58. The zero-order valence-corrected chi connectivity index (χ0v) is 8.84. The van der Waals surface area contributed by atoms with Crippen molar-refractivity contribution in [2.75, 3.05) is 0 Å². The van der Waals surface area contributed by atoms with Crippen molar-refractivity contribution in [3.63, 3.8) is 0 Å². The summed E-state index contributed by atoms with van der Waals surface area (Å²) in [4.78, 5) is 7.39. The Labute approximate surface area is 85.3 Å². The number of rotatable bonds is 3. The van der Waals surface area contributed by atoms with Crippen molar-refractivity contribution in [1.29, 1.82) is 0 Å². The first-order valence-corrected chi connectivity index (χ1v) is 5.58. The van der Waals surface area contributed by atoms with E-state index < -0.39 is 0 Å². The minimum absolute atomic E-state index is 0.722. The van der Waals surface area contributed by atoms with Gasteiger partial charge in [0.25, 0.3) is 0 Å². The third-order valence-corrected chi connectivity index (χ3v) is 3.10. The van der Waals surface area contributed by atoms with Crippen LogP contribution in [0.2, 0.25) is 0 Å². The lowest BCUT2D eigenvalue weighted by molar-refractivity contribution is 0.371. The number of imidazole rings is 1. The molecule has 0 spiro atoms. The second-order valence-corrected chi connectivity index (χ2v) is 4.19. The summed E-state index contributed by atoms with van der Waals surface area (Å²) in [5, 5.41) is 3.58. The summed E-state index contributed by atoms with van der Waals surface area (Å²) in [5.41, 5.74) is 2.35. The number of nitrogens with one attached hydrogen (secondary N) is 2. The number of nitrogens with zero attached hydrogens (tertiary/aromatic N) is 1. The molecule has 1 fully saturated rings. The summed E-state index contributed by atoms with van der Waals surface area (Å²) in [6.45, 7) is 2.99. The fourth-order valence-electron chi connectivity index (χ4n) is 2.11. The largest absolute Gasteiger partial charge is 0.348 e. The van der Waals surface area contributed by atoms with E-state index in [2.05, 4.69) is 22.2 Å². The average Bonchev–Trinajstić information content (AvgIpc) is 2.63. The smallest absolute Gasteiger partial charge is 0.0925 e. The molecule has 14 heavy (non-hydrogen) atoms. The van der Waals surface area contributed by atoms with E-state index in [-0.39, 0.29) is 0 Å². The number of aryl methyl sites for hydroxylation is 1. The Morgan fingerprint density at radius 2 is 2.21 bits per heavy atom. The van der Waals surface area contributed by atoms with E-state index >= 15 is 0 Å².